The maximum Gasteiger partial charge on any atom is 0.254 e. The lowest BCUT2D eigenvalue weighted by Crippen LogP contribution is -2.48. The van der Waals surface area contributed by atoms with Crippen molar-refractivity contribution in [2.45, 2.75) is 45.1 Å². The second-order valence-electron chi connectivity index (χ2n) is 7.31. The third-order valence-electron chi connectivity index (χ3n) is 5.89. The molecule has 126 valence electrons. The van der Waals surface area contributed by atoms with Gasteiger partial charge in [0.1, 0.15) is 5.82 Å². The van der Waals surface area contributed by atoms with Crippen molar-refractivity contribution in [3.63, 3.8) is 0 Å². The summed E-state index contributed by atoms with van der Waals surface area (Å²) >= 11 is 0. The van der Waals surface area contributed by atoms with Crippen LogP contribution in [0, 0.1) is 12.3 Å². The molecular weight excluding hydrogens is 298 g/mol. The quantitative estimate of drug-likeness (QED) is 0.922. The molecule has 4 nitrogen and oxygen atoms in total. The molecule has 0 amide bonds. The molecule has 1 spiro atoms. The van der Waals surface area contributed by atoms with E-state index in [-0.39, 0.29) is 17.0 Å². The summed E-state index contributed by atoms with van der Waals surface area (Å²) in [5, 5.41) is 3.56. The molecule has 1 atom stereocenters. The molecule has 0 radical (unpaired) electrons. The van der Waals surface area contributed by atoms with E-state index in [4.69, 9.17) is 4.98 Å². The van der Waals surface area contributed by atoms with Gasteiger partial charge < -0.3 is 5.32 Å². The topological polar surface area (TPSA) is 46.9 Å². The van der Waals surface area contributed by atoms with Crippen LogP contribution in [0.25, 0.3) is 11.3 Å². The highest BCUT2D eigenvalue weighted by Gasteiger charge is 2.44. The van der Waals surface area contributed by atoms with Crippen LogP contribution in [0.2, 0.25) is 0 Å². The molecule has 1 saturated carbocycles. The van der Waals surface area contributed by atoms with Crippen LogP contribution >= 0.6 is 0 Å². The molecule has 4 heteroatoms. The van der Waals surface area contributed by atoms with Crippen molar-refractivity contribution in [3.8, 4) is 11.3 Å². The summed E-state index contributed by atoms with van der Waals surface area (Å²) in [4.78, 5) is 17.8. The Morgan fingerprint density at radius 1 is 1.21 bits per heavy atom. The Morgan fingerprint density at radius 2 is 1.96 bits per heavy atom. The second-order valence-corrected chi connectivity index (χ2v) is 7.31. The SMILES string of the molecule is Cc1nc(-c2ccccc2)cc(=O)n1C1CCNCC12CCCC2. The first kappa shape index (κ1) is 15.6. The van der Waals surface area contributed by atoms with Crippen LogP contribution in [-0.4, -0.2) is 22.6 Å². The molecule has 1 N–H and O–H groups in total. The first-order valence-corrected chi connectivity index (χ1v) is 9.06. The summed E-state index contributed by atoms with van der Waals surface area (Å²) in [6.45, 7) is 4.00. The van der Waals surface area contributed by atoms with Gasteiger partial charge in [-0.2, -0.15) is 0 Å². The van der Waals surface area contributed by atoms with Crippen LogP contribution in [0.3, 0.4) is 0 Å². The zero-order valence-electron chi connectivity index (χ0n) is 14.3. The molecule has 1 saturated heterocycles. The Labute approximate surface area is 142 Å². The smallest absolute Gasteiger partial charge is 0.254 e. The van der Waals surface area contributed by atoms with Crippen LogP contribution in [0.15, 0.2) is 41.2 Å². The number of aromatic nitrogens is 2. The molecule has 1 aromatic heterocycles. The van der Waals surface area contributed by atoms with E-state index in [0.717, 1.165) is 36.6 Å². The number of hydrogen-bond donors (Lipinski definition) is 1. The van der Waals surface area contributed by atoms with Crippen molar-refractivity contribution < 1.29 is 0 Å². The number of hydrogen-bond acceptors (Lipinski definition) is 3. The zero-order chi connectivity index (χ0) is 16.6. The zero-order valence-corrected chi connectivity index (χ0v) is 14.3. The van der Waals surface area contributed by atoms with Crippen molar-refractivity contribution in [2.75, 3.05) is 13.1 Å². The number of piperidine rings is 1. The predicted octanol–water partition coefficient (Wildman–Crippen LogP) is 3.31. The average Bonchev–Trinajstić information content (AvgIpc) is 3.06. The van der Waals surface area contributed by atoms with Gasteiger partial charge in [-0.05, 0) is 32.7 Å². The van der Waals surface area contributed by atoms with E-state index in [1.807, 2.05) is 41.8 Å². The Morgan fingerprint density at radius 3 is 2.67 bits per heavy atom. The summed E-state index contributed by atoms with van der Waals surface area (Å²) in [7, 11) is 0. The Balaban J connectivity index is 1.77. The minimum Gasteiger partial charge on any atom is -0.316 e. The van der Waals surface area contributed by atoms with E-state index in [2.05, 4.69) is 5.32 Å². The average molecular weight is 323 g/mol. The third kappa shape index (κ3) is 2.59. The summed E-state index contributed by atoms with van der Waals surface area (Å²) in [6.07, 6.45) is 6.02. The predicted molar refractivity (Wildman–Crippen MR) is 96.1 cm³/mol. The standard InChI is InChI=1S/C20H25N3O/c1-15-22-17(16-7-3-2-4-8-16)13-19(24)23(15)18-9-12-21-14-20(18)10-5-6-11-20/h2-4,7-8,13,18,21H,5-6,9-12,14H2,1H3. The molecule has 1 aromatic carbocycles. The highest BCUT2D eigenvalue weighted by Crippen LogP contribution is 2.48. The van der Waals surface area contributed by atoms with Gasteiger partial charge in [-0.15, -0.1) is 0 Å². The van der Waals surface area contributed by atoms with Gasteiger partial charge in [-0.25, -0.2) is 4.98 Å². The summed E-state index contributed by atoms with van der Waals surface area (Å²) < 4.78 is 1.98. The highest BCUT2D eigenvalue weighted by atomic mass is 16.1. The molecule has 1 aliphatic heterocycles. The molecule has 4 rings (SSSR count). The fourth-order valence-electron chi connectivity index (χ4n) is 4.73. The first-order chi connectivity index (χ1) is 11.7. The molecule has 2 heterocycles. The number of aryl methyl sites for hydroxylation is 1. The molecule has 2 fully saturated rings. The van der Waals surface area contributed by atoms with Crippen molar-refractivity contribution in [2.24, 2.45) is 5.41 Å². The lowest BCUT2D eigenvalue weighted by atomic mass is 9.74. The van der Waals surface area contributed by atoms with Gasteiger partial charge in [0.25, 0.3) is 5.56 Å². The summed E-state index contributed by atoms with van der Waals surface area (Å²) in [5.41, 5.74) is 2.12. The highest BCUT2D eigenvalue weighted by molar-refractivity contribution is 5.58. The largest absolute Gasteiger partial charge is 0.316 e. The number of rotatable bonds is 2. The van der Waals surface area contributed by atoms with Crippen molar-refractivity contribution in [1.82, 2.24) is 14.9 Å². The molecule has 24 heavy (non-hydrogen) atoms. The van der Waals surface area contributed by atoms with Gasteiger partial charge in [-0.3, -0.25) is 9.36 Å². The Bertz CT molecular complexity index is 775. The lowest BCUT2D eigenvalue weighted by molar-refractivity contribution is 0.119. The van der Waals surface area contributed by atoms with Gasteiger partial charge in [-0.1, -0.05) is 43.2 Å². The Kier molecular flexibility index (Phi) is 4.01. The molecule has 1 aliphatic carbocycles. The van der Waals surface area contributed by atoms with Crippen LogP contribution < -0.4 is 10.9 Å². The van der Waals surface area contributed by atoms with E-state index in [9.17, 15) is 4.79 Å². The van der Waals surface area contributed by atoms with Crippen LogP contribution in [0.1, 0.15) is 44.0 Å². The number of nitrogens with one attached hydrogen (secondary N) is 1. The van der Waals surface area contributed by atoms with Crippen LogP contribution in [0.5, 0.6) is 0 Å². The van der Waals surface area contributed by atoms with Crippen molar-refractivity contribution in [1.29, 1.82) is 0 Å². The minimum absolute atomic E-state index is 0.0968. The van der Waals surface area contributed by atoms with Gasteiger partial charge in [0.15, 0.2) is 0 Å². The molecule has 2 aromatic rings. The van der Waals surface area contributed by atoms with Gasteiger partial charge >= 0.3 is 0 Å². The minimum atomic E-state index is 0.0968. The third-order valence-corrected chi connectivity index (χ3v) is 5.89. The number of nitrogens with zero attached hydrogens (tertiary/aromatic N) is 2. The van der Waals surface area contributed by atoms with E-state index in [1.165, 1.54) is 25.7 Å². The first-order valence-electron chi connectivity index (χ1n) is 9.06. The number of benzene rings is 1. The van der Waals surface area contributed by atoms with E-state index in [1.54, 1.807) is 6.07 Å². The lowest BCUT2D eigenvalue weighted by Gasteiger charge is -2.43. The maximum absolute atomic E-state index is 13.0. The van der Waals surface area contributed by atoms with E-state index >= 15 is 0 Å². The monoisotopic (exact) mass is 323 g/mol. The van der Waals surface area contributed by atoms with Crippen molar-refractivity contribution in [3.05, 3.63) is 52.6 Å². The Hall–Kier alpha value is -1.94. The second kappa shape index (κ2) is 6.17. The fourth-order valence-corrected chi connectivity index (χ4v) is 4.73. The fraction of sp³-hybridized carbons (Fsp3) is 0.500. The van der Waals surface area contributed by atoms with Crippen LogP contribution in [-0.2, 0) is 0 Å². The molecule has 1 unspecified atom stereocenters. The van der Waals surface area contributed by atoms with Gasteiger partial charge in [0, 0.05) is 29.6 Å². The molecular formula is C20H25N3O. The normalized spacial score (nSPS) is 22.8. The maximum atomic E-state index is 13.0. The van der Waals surface area contributed by atoms with E-state index in [0.29, 0.717) is 0 Å². The molecule has 2 aliphatic rings. The van der Waals surface area contributed by atoms with Crippen molar-refractivity contribution >= 4 is 0 Å². The molecule has 0 bridgehead atoms. The van der Waals surface area contributed by atoms with Crippen LogP contribution in [0.4, 0.5) is 0 Å². The van der Waals surface area contributed by atoms with Gasteiger partial charge in [0.05, 0.1) is 5.69 Å². The van der Waals surface area contributed by atoms with E-state index < -0.39 is 0 Å². The summed E-state index contributed by atoms with van der Waals surface area (Å²) in [5.74, 6) is 0.847. The summed E-state index contributed by atoms with van der Waals surface area (Å²) in [6, 6.07) is 12.0. The van der Waals surface area contributed by atoms with Gasteiger partial charge in [0.2, 0.25) is 0 Å².